The molecule has 0 heterocycles. The summed E-state index contributed by atoms with van der Waals surface area (Å²) in [7, 11) is 0. The van der Waals surface area contributed by atoms with E-state index in [0.29, 0.717) is 12.3 Å². The largest absolute Gasteiger partial charge is 0.488 e. The Kier molecular flexibility index (Phi) is 11.5. The van der Waals surface area contributed by atoms with Crippen molar-refractivity contribution in [3.8, 4) is 5.75 Å². The predicted octanol–water partition coefficient (Wildman–Crippen LogP) is 8.35. The number of hydrogen-bond donors (Lipinski definition) is 0. The molecule has 1 aromatic rings. The molecule has 0 aromatic heterocycles. The second-order valence-corrected chi connectivity index (χ2v) is 10.3. The third-order valence-corrected chi connectivity index (χ3v) is 6.20. The predicted molar refractivity (Wildman–Crippen MR) is 130 cm³/mol. The van der Waals surface area contributed by atoms with Gasteiger partial charge in [-0.05, 0) is 64.2 Å². The fourth-order valence-electron chi connectivity index (χ4n) is 4.56. The Labute approximate surface area is 191 Å². The van der Waals surface area contributed by atoms with Crippen LogP contribution in [0.1, 0.15) is 129 Å². The van der Waals surface area contributed by atoms with Gasteiger partial charge < -0.3 is 9.47 Å². The molecule has 31 heavy (non-hydrogen) atoms. The third-order valence-electron chi connectivity index (χ3n) is 6.20. The normalized spacial score (nSPS) is 19.2. The summed E-state index contributed by atoms with van der Waals surface area (Å²) in [5.74, 6) is 1.20. The molecule has 1 aliphatic carbocycles. The second kappa shape index (κ2) is 13.8. The lowest BCUT2D eigenvalue weighted by molar-refractivity contribution is -0.151. The van der Waals surface area contributed by atoms with E-state index in [4.69, 9.17) is 9.47 Å². The molecule has 1 saturated carbocycles. The molecule has 0 saturated heterocycles. The monoisotopic (exact) mass is 430 g/mol. The van der Waals surface area contributed by atoms with E-state index in [1.807, 2.05) is 0 Å². The number of carbonyl (C=O) groups is 1. The van der Waals surface area contributed by atoms with Crippen molar-refractivity contribution in [1.82, 2.24) is 0 Å². The number of esters is 1. The summed E-state index contributed by atoms with van der Waals surface area (Å²) >= 11 is 0. The molecule has 0 spiro atoms. The van der Waals surface area contributed by atoms with Crippen LogP contribution in [0.5, 0.6) is 5.75 Å². The number of unbranched alkanes of at least 4 members (excludes halogenated alkanes) is 8. The SMILES string of the molecule is CCCCCCCCCCCC(=O)O[C@@H]1CCCC[C@H]1c1ccc(OC(C)(C)C)cc1. The standard InChI is InChI=1S/C28H46O3/c1-5-6-7-8-9-10-11-12-13-18-27(29)30-26-17-15-14-16-25(26)23-19-21-24(22-20-23)31-28(2,3)4/h19-22,25-26H,5-18H2,1-4H3/t25-,26+/m0/s1. The Balaban J connectivity index is 1.72. The molecule has 3 nitrogen and oxygen atoms in total. The smallest absolute Gasteiger partial charge is 0.306 e. The summed E-state index contributed by atoms with van der Waals surface area (Å²) in [4.78, 5) is 12.5. The van der Waals surface area contributed by atoms with Gasteiger partial charge in [0.05, 0.1) is 0 Å². The highest BCUT2D eigenvalue weighted by atomic mass is 16.5. The quantitative estimate of drug-likeness (QED) is 0.233. The first-order valence-electron chi connectivity index (χ1n) is 12.9. The first kappa shape index (κ1) is 25.7. The zero-order chi connectivity index (χ0) is 22.5. The second-order valence-electron chi connectivity index (χ2n) is 10.3. The van der Waals surface area contributed by atoms with Gasteiger partial charge in [-0.1, -0.05) is 76.8 Å². The number of ether oxygens (including phenoxy) is 2. The van der Waals surface area contributed by atoms with E-state index in [1.165, 1.54) is 56.9 Å². The van der Waals surface area contributed by atoms with Crippen LogP contribution in [0.25, 0.3) is 0 Å². The van der Waals surface area contributed by atoms with Crippen LogP contribution in [0.4, 0.5) is 0 Å². The van der Waals surface area contributed by atoms with Gasteiger partial charge in [-0.3, -0.25) is 4.79 Å². The van der Waals surface area contributed by atoms with Gasteiger partial charge in [-0.15, -0.1) is 0 Å². The van der Waals surface area contributed by atoms with Crippen molar-refractivity contribution in [2.45, 2.75) is 135 Å². The van der Waals surface area contributed by atoms with Crippen molar-refractivity contribution >= 4 is 5.97 Å². The Morgan fingerprint density at radius 2 is 1.45 bits per heavy atom. The van der Waals surface area contributed by atoms with Crippen LogP contribution in [0.2, 0.25) is 0 Å². The molecule has 0 N–H and O–H groups in total. The number of rotatable bonds is 13. The lowest BCUT2D eigenvalue weighted by atomic mass is 9.81. The van der Waals surface area contributed by atoms with Crippen LogP contribution >= 0.6 is 0 Å². The van der Waals surface area contributed by atoms with Crippen molar-refractivity contribution in [1.29, 1.82) is 0 Å². The van der Waals surface area contributed by atoms with Crippen LogP contribution in [0, 0.1) is 0 Å². The minimum Gasteiger partial charge on any atom is -0.488 e. The van der Waals surface area contributed by atoms with Gasteiger partial charge in [0.2, 0.25) is 0 Å². The highest BCUT2D eigenvalue weighted by molar-refractivity contribution is 5.69. The van der Waals surface area contributed by atoms with Crippen LogP contribution in [0.3, 0.4) is 0 Å². The number of hydrogen-bond acceptors (Lipinski definition) is 3. The van der Waals surface area contributed by atoms with Crippen LogP contribution in [-0.2, 0) is 9.53 Å². The Morgan fingerprint density at radius 3 is 2.06 bits per heavy atom. The Hall–Kier alpha value is -1.51. The minimum absolute atomic E-state index is 0.00691. The maximum absolute atomic E-state index is 12.5. The molecule has 0 bridgehead atoms. The van der Waals surface area contributed by atoms with Crippen LogP contribution in [0.15, 0.2) is 24.3 Å². The fourth-order valence-corrected chi connectivity index (χ4v) is 4.56. The molecule has 176 valence electrons. The van der Waals surface area contributed by atoms with E-state index in [1.54, 1.807) is 0 Å². The van der Waals surface area contributed by atoms with Gasteiger partial charge in [0.25, 0.3) is 0 Å². The first-order valence-corrected chi connectivity index (χ1v) is 12.9. The van der Waals surface area contributed by atoms with Crippen molar-refractivity contribution in [2.24, 2.45) is 0 Å². The zero-order valence-electron chi connectivity index (χ0n) is 20.6. The molecule has 2 rings (SSSR count). The van der Waals surface area contributed by atoms with Crippen molar-refractivity contribution < 1.29 is 14.3 Å². The third kappa shape index (κ3) is 10.6. The average molecular weight is 431 g/mol. The number of carbonyl (C=O) groups excluding carboxylic acids is 1. The summed E-state index contributed by atoms with van der Waals surface area (Å²) in [5, 5.41) is 0. The van der Waals surface area contributed by atoms with Gasteiger partial charge in [-0.2, -0.15) is 0 Å². The molecule has 2 atom stereocenters. The molecule has 0 unspecified atom stereocenters. The van der Waals surface area contributed by atoms with Gasteiger partial charge in [0, 0.05) is 12.3 Å². The summed E-state index contributed by atoms with van der Waals surface area (Å²) in [6.07, 6.45) is 16.4. The highest BCUT2D eigenvalue weighted by Crippen LogP contribution is 2.36. The van der Waals surface area contributed by atoms with E-state index in [0.717, 1.165) is 37.9 Å². The molecular formula is C28H46O3. The Bertz CT molecular complexity index is 614. The number of benzene rings is 1. The van der Waals surface area contributed by atoms with Crippen molar-refractivity contribution in [3.63, 3.8) is 0 Å². The highest BCUT2D eigenvalue weighted by Gasteiger charge is 2.29. The lowest BCUT2D eigenvalue weighted by Gasteiger charge is -2.32. The molecule has 1 aromatic carbocycles. The molecule has 1 fully saturated rings. The average Bonchev–Trinajstić information content (AvgIpc) is 2.72. The molecular weight excluding hydrogens is 384 g/mol. The van der Waals surface area contributed by atoms with Gasteiger partial charge in [0.15, 0.2) is 0 Å². The summed E-state index contributed by atoms with van der Waals surface area (Å²) < 4.78 is 11.9. The van der Waals surface area contributed by atoms with E-state index >= 15 is 0 Å². The van der Waals surface area contributed by atoms with Crippen LogP contribution < -0.4 is 4.74 Å². The van der Waals surface area contributed by atoms with Crippen molar-refractivity contribution in [3.05, 3.63) is 29.8 Å². The minimum atomic E-state index is -0.195. The van der Waals surface area contributed by atoms with Gasteiger partial charge >= 0.3 is 5.97 Å². The fraction of sp³-hybridized carbons (Fsp3) is 0.750. The molecule has 0 radical (unpaired) electrons. The van der Waals surface area contributed by atoms with E-state index in [9.17, 15) is 4.79 Å². The lowest BCUT2D eigenvalue weighted by Crippen LogP contribution is -2.28. The summed E-state index contributed by atoms with van der Waals surface area (Å²) in [5.41, 5.74) is 1.07. The Morgan fingerprint density at radius 1 is 0.871 bits per heavy atom. The molecule has 3 heteroatoms. The zero-order valence-corrected chi connectivity index (χ0v) is 20.6. The molecule has 0 aliphatic heterocycles. The topological polar surface area (TPSA) is 35.5 Å². The molecule has 0 amide bonds. The van der Waals surface area contributed by atoms with Crippen molar-refractivity contribution in [2.75, 3.05) is 0 Å². The van der Waals surface area contributed by atoms with Gasteiger partial charge in [-0.25, -0.2) is 0 Å². The van der Waals surface area contributed by atoms with E-state index in [-0.39, 0.29) is 17.7 Å². The molecule has 1 aliphatic rings. The maximum Gasteiger partial charge on any atom is 0.306 e. The van der Waals surface area contributed by atoms with E-state index in [2.05, 4.69) is 52.0 Å². The summed E-state index contributed by atoms with van der Waals surface area (Å²) in [6, 6.07) is 8.41. The summed E-state index contributed by atoms with van der Waals surface area (Å²) in [6.45, 7) is 8.44. The van der Waals surface area contributed by atoms with Crippen LogP contribution in [-0.4, -0.2) is 17.7 Å². The van der Waals surface area contributed by atoms with Gasteiger partial charge in [0.1, 0.15) is 17.5 Å². The maximum atomic E-state index is 12.5. The van der Waals surface area contributed by atoms with E-state index < -0.39 is 0 Å². The first-order chi connectivity index (χ1) is 14.9.